The van der Waals surface area contributed by atoms with Gasteiger partial charge in [-0.05, 0) is 18.6 Å². The quantitative estimate of drug-likeness (QED) is 0.723. The van der Waals surface area contributed by atoms with E-state index in [1.165, 1.54) is 16.7 Å². The Morgan fingerprint density at radius 2 is 2.06 bits per heavy atom. The molecule has 18 heavy (non-hydrogen) atoms. The van der Waals surface area contributed by atoms with Crippen LogP contribution in [0.15, 0.2) is 23.0 Å². The van der Waals surface area contributed by atoms with E-state index in [4.69, 9.17) is 0 Å². The van der Waals surface area contributed by atoms with E-state index in [1.807, 2.05) is 0 Å². The summed E-state index contributed by atoms with van der Waals surface area (Å²) in [5.41, 5.74) is -1.36. The van der Waals surface area contributed by atoms with Crippen LogP contribution in [-0.4, -0.2) is 9.55 Å². The van der Waals surface area contributed by atoms with Gasteiger partial charge in [-0.2, -0.15) is 13.2 Å². The summed E-state index contributed by atoms with van der Waals surface area (Å²) in [5, 5.41) is -0.323. The predicted octanol–water partition coefficient (Wildman–Crippen LogP) is 2.36. The van der Waals surface area contributed by atoms with Crippen LogP contribution in [0.4, 0.5) is 13.2 Å². The van der Waals surface area contributed by atoms with Crippen molar-refractivity contribution in [2.45, 2.75) is 25.6 Å². The molecule has 0 unspecified atom stereocenters. The third kappa shape index (κ3) is 1.52. The monoisotopic (exact) mass is 254 g/mol. The summed E-state index contributed by atoms with van der Waals surface area (Å²) in [6, 6.07) is 3.65. The number of aryl methyl sites for hydroxylation is 1. The Labute approximate surface area is 99.9 Å². The molecule has 0 saturated heterocycles. The van der Waals surface area contributed by atoms with Gasteiger partial charge >= 0.3 is 6.18 Å². The molecule has 0 atom stereocenters. The lowest BCUT2D eigenvalue weighted by Crippen LogP contribution is -2.23. The first kappa shape index (κ1) is 11.3. The maximum atomic E-state index is 12.9. The summed E-state index contributed by atoms with van der Waals surface area (Å²) in [5.74, 6) is 0.576. The normalized spacial score (nSPS) is 15.1. The van der Waals surface area contributed by atoms with E-state index in [1.54, 1.807) is 0 Å². The van der Waals surface area contributed by atoms with E-state index in [9.17, 15) is 18.0 Å². The Bertz CT molecular complexity index is 688. The maximum Gasteiger partial charge on any atom is 0.417 e. The van der Waals surface area contributed by atoms with Gasteiger partial charge in [0.05, 0.1) is 16.5 Å². The molecule has 0 saturated carbocycles. The zero-order valence-electron chi connectivity index (χ0n) is 9.29. The minimum Gasteiger partial charge on any atom is -0.296 e. The Morgan fingerprint density at radius 3 is 2.78 bits per heavy atom. The van der Waals surface area contributed by atoms with Crippen molar-refractivity contribution in [3.63, 3.8) is 0 Å². The summed E-state index contributed by atoms with van der Waals surface area (Å²) < 4.78 is 40.0. The molecule has 0 spiro atoms. The highest BCUT2D eigenvalue weighted by molar-refractivity contribution is 5.82. The Morgan fingerprint density at radius 1 is 1.28 bits per heavy atom. The first-order valence-electron chi connectivity index (χ1n) is 5.58. The van der Waals surface area contributed by atoms with Crippen molar-refractivity contribution in [2.24, 2.45) is 0 Å². The number of aromatic nitrogens is 2. The molecule has 3 nitrogen and oxygen atoms in total. The van der Waals surface area contributed by atoms with Crippen molar-refractivity contribution in [1.82, 2.24) is 9.55 Å². The van der Waals surface area contributed by atoms with Gasteiger partial charge in [0, 0.05) is 13.0 Å². The maximum absolute atomic E-state index is 12.9. The molecule has 0 aliphatic carbocycles. The molecule has 2 aromatic rings. The number of fused-ring (bicyclic) bond motifs is 2. The first-order chi connectivity index (χ1) is 8.48. The van der Waals surface area contributed by atoms with E-state index in [-0.39, 0.29) is 10.9 Å². The largest absolute Gasteiger partial charge is 0.417 e. The molecular weight excluding hydrogens is 245 g/mol. The Kier molecular flexibility index (Phi) is 2.23. The van der Waals surface area contributed by atoms with Gasteiger partial charge in [0.25, 0.3) is 5.56 Å². The summed E-state index contributed by atoms with van der Waals surface area (Å²) in [6.07, 6.45) is -3.14. The first-order valence-corrected chi connectivity index (χ1v) is 5.58. The van der Waals surface area contributed by atoms with Gasteiger partial charge in [-0.3, -0.25) is 9.36 Å². The Hall–Kier alpha value is -1.85. The topological polar surface area (TPSA) is 34.9 Å². The van der Waals surface area contributed by atoms with Crippen LogP contribution in [0.5, 0.6) is 0 Å². The molecule has 1 aliphatic heterocycles. The minimum absolute atomic E-state index is 0.128. The molecular formula is C12H9F3N2O. The predicted molar refractivity (Wildman–Crippen MR) is 59.3 cm³/mol. The van der Waals surface area contributed by atoms with Crippen molar-refractivity contribution < 1.29 is 13.2 Å². The second-order valence-electron chi connectivity index (χ2n) is 4.29. The lowest BCUT2D eigenvalue weighted by Gasteiger charge is -2.11. The van der Waals surface area contributed by atoms with Crippen molar-refractivity contribution in [3.05, 3.63) is 39.9 Å². The van der Waals surface area contributed by atoms with E-state index < -0.39 is 17.3 Å². The summed E-state index contributed by atoms with van der Waals surface area (Å²) in [7, 11) is 0. The summed E-state index contributed by atoms with van der Waals surface area (Å²) in [6.45, 7) is 0.448. The van der Waals surface area contributed by atoms with Crippen molar-refractivity contribution >= 4 is 10.9 Å². The molecule has 3 rings (SSSR count). The van der Waals surface area contributed by atoms with Gasteiger partial charge < -0.3 is 0 Å². The lowest BCUT2D eigenvalue weighted by atomic mass is 10.1. The van der Waals surface area contributed by atoms with Gasteiger partial charge in [-0.1, -0.05) is 6.07 Å². The van der Waals surface area contributed by atoms with Crippen molar-refractivity contribution in [3.8, 4) is 0 Å². The van der Waals surface area contributed by atoms with Crippen molar-refractivity contribution in [1.29, 1.82) is 0 Å². The molecule has 1 aromatic heterocycles. The third-order valence-corrected chi connectivity index (χ3v) is 3.15. The lowest BCUT2D eigenvalue weighted by molar-refractivity contribution is -0.136. The fraction of sp³-hybridized carbons (Fsp3) is 0.333. The second-order valence-corrected chi connectivity index (χ2v) is 4.29. The van der Waals surface area contributed by atoms with Gasteiger partial charge in [-0.15, -0.1) is 0 Å². The van der Waals surface area contributed by atoms with Crippen molar-refractivity contribution in [2.75, 3.05) is 0 Å². The number of nitrogens with zero attached hydrogens (tertiary/aromatic N) is 2. The zero-order valence-corrected chi connectivity index (χ0v) is 9.29. The second kappa shape index (κ2) is 3.57. The van der Waals surface area contributed by atoms with Crippen LogP contribution >= 0.6 is 0 Å². The Balaban J connectivity index is 2.45. The highest BCUT2D eigenvalue weighted by Crippen LogP contribution is 2.33. The number of benzene rings is 1. The fourth-order valence-corrected chi connectivity index (χ4v) is 2.36. The fourth-order valence-electron chi connectivity index (χ4n) is 2.36. The highest BCUT2D eigenvalue weighted by atomic mass is 19.4. The average molecular weight is 254 g/mol. The smallest absolute Gasteiger partial charge is 0.296 e. The summed E-state index contributed by atoms with van der Waals surface area (Å²) >= 11 is 0. The summed E-state index contributed by atoms with van der Waals surface area (Å²) in [4.78, 5) is 16.3. The van der Waals surface area contributed by atoms with Crippen LogP contribution < -0.4 is 5.56 Å². The molecule has 0 fully saturated rings. The molecule has 0 bridgehead atoms. The van der Waals surface area contributed by atoms with Gasteiger partial charge in [-0.25, -0.2) is 4.98 Å². The molecule has 0 N–H and O–H groups in total. The van der Waals surface area contributed by atoms with Crippen LogP contribution in [0.2, 0.25) is 0 Å². The number of alkyl halides is 3. The van der Waals surface area contributed by atoms with E-state index in [2.05, 4.69) is 4.98 Å². The van der Waals surface area contributed by atoms with Gasteiger partial charge in [0.2, 0.25) is 0 Å². The SMILES string of the molecule is O=c1c2c(C(F)(F)F)cccc2nc2n1CCC2. The molecule has 1 aliphatic rings. The van der Waals surface area contributed by atoms with E-state index in [0.29, 0.717) is 18.8 Å². The van der Waals surface area contributed by atoms with Crippen LogP contribution in [0.1, 0.15) is 17.8 Å². The average Bonchev–Trinajstić information content (AvgIpc) is 2.75. The number of hydrogen-bond donors (Lipinski definition) is 0. The van der Waals surface area contributed by atoms with E-state index >= 15 is 0 Å². The number of rotatable bonds is 0. The molecule has 1 aromatic carbocycles. The standard InChI is InChI=1S/C12H9F3N2O/c13-12(14,15)7-3-1-4-8-10(7)11(18)17-6-2-5-9(17)16-8/h1,3-4H,2,5-6H2. The minimum atomic E-state index is -4.53. The van der Waals surface area contributed by atoms with Crippen LogP contribution in [0.25, 0.3) is 10.9 Å². The van der Waals surface area contributed by atoms with Crippen LogP contribution in [-0.2, 0) is 19.1 Å². The third-order valence-electron chi connectivity index (χ3n) is 3.15. The molecule has 94 valence electrons. The van der Waals surface area contributed by atoms with Crippen LogP contribution in [0, 0.1) is 0 Å². The molecule has 2 heterocycles. The van der Waals surface area contributed by atoms with E-state index in [0.717, 1.165) is 12.5 Å². The zero-order chi connectivity index (χ0) is 12.9. The van der Waals surface area contributed by atoms with Gasteiger partial charge in [0.1, 0.15) is 5.82 Å². The number of hydrogen-bond acceptors (Lipinski definition) is 2. The molecule has 0 radical (unpaired) electrons. The molecule has 6 heteroatoms. The van der Waals surface area contributed by atoms with Crippen LogP contribution in [0.3, 0.4) is 0 Å². The molecule has 0 amide bonds. The number of halogens is 3. The van der Waals surface area contributed by atoms with Gasteiger partial charge in [0.15, 0.2) is 0 Å². The highest BCUT2D eigenvalue weighted by Gasteiger charge is 2.34.